The summed E-state index contributed by atoms with van der Waals surface area (Å²) in [6.07, 6.45) is 3.63. The van der Waals surface area contributed by atoms with Crippen molar-refractivity contribution in [1.29, 1.82) is 0 Å². The Labute approximate surface area is 122 Å². The summed E-state index contributed by atoms with van der Waals surface area (Å²) < 4.78 is 18.4. The highest BCUT2D eigenvalue weighted by molar-refractivity contribution is 6.30. The lowest BCUT2D eigenvalue weighted by molar-refractivity contribution is -0.124. The van der Waals surface area contributed by atoms with Gasteiger partial charge in [0, 0.05) is 18.2 Å². The first kappa shape index (κ1) is 15.1. The van der Waals surface area contributed by atoms with E-state index in [-0.39, 0.29) is 35.4 Å². The zero-order valence-electron chi connectivity index (χ0n) is 11.1. The van der Waals surface area contributed by atoms with Gasteiger partial charge in [-0.25, -0.2) is 4.39 Å². The molecular formula is C14H18ClFN2O2. The fourth-order valence-corrected chi connectivity index (χ4v) is 2.37. The number of carbonyl (C=O) groups excluding carboxylic acids is 1. The summed E-state index contributed by atoms with van der Waals surface area (Å²) in [6, 6.07) is 4.49. The van der Waals surface area contributed by atoms with E-state index in [0.717, 1.165) is 31.7 Å². The summed E-state index contributed by atoms with van der Waals surface area (Å²) in [7, 11) is 0. The number of amides is 1. The second kappa shape index (κ2) is 6.90. The van der Waals surface area contributed by atoms with E-state index in [2.05, 4.69) is 5.32 Å². The van der Waals surface area contributed by atoms with Crippen molar-refractivity contribution < 1.29 is 13.9 Å². The highest BCUT2D eigenvalue weighted by Gasteiger charge is 2.20. The summed E-state index contributed by atoms with van der Waals surface area (Å²) >= 11 is 5.56. The molecule has 1 aliphatic rings. The first-order valence-corrected chi connectivity index (χ1v) is 7.05. The summed E-state index contributed by atoms with van der Waals surface area (Å²) in [6.45, 7) is -0.135. The van der Waals surface area contributed by atoms with Crippen molar-refractivity contribution in [3.05, 3.63) is 29.0 Å². The largest absolute Gasteiger partial charge is 0.484 e. The number of rotatable bonds is 4. The molecule has 0 atom stereocenters. The Hall–Kier alpha value is -1.33. The maximum Gasteiger partial charge on any atom is 0.258 e. The summed E-state index contributed by atoms with van der Waals surface area (Å²) in [5.41, 5.74) is 5.81. The van der Waals surface area contributed by atoms with Gasteiger partial charge in [-0.3, -0.25) is 4.79 Å². The zero-order valence-corrected chi connectivity index (χ0v) is 11.8. The first-order chi connectivity index (χ1) is 9.54. The Kier molecular flexibility index (Phi) is 5.20. The quantitative estimate of drug-likeness (QED) is 0.896. The molecule has 0 saturated heterocycles. The zero-order chi connectivity index (χ0) is 14.5. The molecule has 4 nitrogen and oxygen atoms in total. The predicted octanol–water partition coefficient (Wildman–Crippen LogP) is 2.24. The average molecular weight is 301 g/mol. The molecule has 0 heterocycles. The smallest absolute Gasteiger partial charge is 0.258 e. The van der Waals surface area contributed by atoms with Crippen LogP contribution >= 0.6 is 11.6 Å². The van der Waals surface area contributed by atoms with E-state index in [1.807, 2.05) is 0 Å². The molecule has 1 aromatic rings. The SMILES string of the molecule is NC1CCC(NC(=O)COc2ccc(Cl)c(F)c2)CC1. The molecule has 6 heteroatoms. The number of benzene rings is 1. The van der Waals surface area contributed by atoms with Crippen molar-refractivity contribution in [3.8, 4) is 5.75 Å². The third-order valence-electron chi connectivity index (χ3n) is 3.40. The van der Waals surface area contributed by atoms with Gasteiger partial charge in [0.25, 0.3) is 5.91 Å². The van der Waals surface area contributed by atoms with Crippen LogP contribution in [0.15, 0.2) is 18.2 Å². The number of halogens is 2. The van der Waals surface area contributed by atoms with Crippen molar-refractivity contribution in [2.24, 2.45) is 5.73 Å². The predicted molar refractivity (Wildman–Crippen MR) is 75.3 cm³/mol. The third kappa shape index (κ3) is 4.35. The third-order valence-corrected chi connectivity index (χ3v) is 3.70. The minimum absolute atomic E-state index is 0.0281. The van der Waals surface area contributed by atoms with Gasteiger partial charge in [-0.1, -0.05) is 11.6 Å². The molecule has 1 saturated carbocycles. The normalized spacial score (nSPS) is 22.4. The Morgan fingerprint density at radius 1 is 1.40 bits per heavy atom. The molecule has 20 heavy (non-hydrogen) atoms. The molecule has 0 bridgehead atoms. The van der Waals surface area contributed by atoms with Crippen LogP contribution < -0.4 is 15.8 Å². The van der Waals surface area contributed by atoms with Gasteiger partial charge in [0.15, 0.2) is 6.61 Å². The van der Waals surface area contributed by atoms with E-state index in [1.54, 1.807) is 0 Å². The van der Waals surface area contributed by atoms with Crippen molar-refractivity contribution in [2.45, 2.75) is 37.8 Å². The lowest BCUT2D eigenvalue weighted by Crippen LogP contribution is -2.42. The van der Waals surface area contributed by atoms with Gasteiger partial charge in [-0.2, -0.15) is 0 Å². The van der Waals surface area contributed by atoms with Crippen molar-refractivity contribution in [3.63, 3.8) is 0 Å². The molecule has 1 fully saturated rings. The van der Waals surface area contributed by atoms with Crippen molar-refractivity contribution in [1.82, 2.24) is 5.32 Å². The van der Waals surface area contributed by atoms with Gasteiger partial charge >= 0.3 is 0 Å². The van der Waals surface area contributed by atoms with E-state index in [1.165, 1.54) is 12.1 Å². The lowest BCUT2D eigenvalue weighted by Gasteiger charge is -2.26. The van der Waals surface area contributed by atoms with Gasteiger partial charge in [0.2, 0.25) is 0 Å². The molecule has 0 radical (unpaired) electrons. The van der Waals surface area contributed by atoms with Crippen LogP contribution in [-0.4, -0.2) is 24.6 Å². The van der Waals surface area contributed by atoms with E-state index < -0.39 is 5.82 Å². The summed E-state index contributed by atoms with van der Waals surface area (Å²) in [5.74, 6) is -0.487. The fourth-order valence-electron chi connectivity index (χ4n) is 2.25. The number of ether oxygens (including phenoxy) is 1. The number of hydrogen-bond acceptors (Lipinski definition) is 3. The molecular weight excluding hydrogens is 283 g/mol. The molecule has 0 unspecified atom stereocenters. The van der Waals surface area contributed by atoms with Gasteiger partial charge in [-0.15, -0.1) is 0 Å². The molecule has 0 aliphatic heterocycles. The highest BCUT2D eigenvalue weighted by atomic mass is 35.5. The maximum atomic E-state index is 13.2. The Balaban J connectivity index is 1.76. The molecule has 1 amide bonds. The van der Waals surface area contributed by atoms with Crippen LogP contribution in [0.4, 0.5) is 4.39 Å². The van der Waals surface area contributed by atoms with E-state index in [9.17, 15) is 9.18 Å². The summed E-state index contributed by atoms with van der Waals surface area (Å²) in [5, 5.41) is 2.92. The molecule has 0 spiro atoms. The van der Waals surface area contributed by atoms with E-state index in [4.69, 9.17) is 22.1 Å². The van der Waals surface area contributed by atoms with Crippen molar-refractivity contribution in [2.75, 3.05) is 6.61 Å². The maximum absolute atomic E-state index is 13.2. The van der Waals surface area contributed by atoms with Gasteiger partial charge in [0.05, 0.1) is 5.02 Å². The molecule has 110 valence electrons. The monoisotopic (exact) mass is 300 g/mol. The number of nitrogens with two attached hydrogens (primary N) is 1. The Bertz CT molecular complexity index is 476. The molecule has 3 N–H and O–H groups in total. The first-order valence-electron chi connectivity index (χ1n) is 6.67. The minimum Gasteiger partial charge on any atom is -0.484 e. The number of hydrogen-bond donors (Lipinski definition) is 2. The Morgan fingerprint density at radius 2 is 2.10 bits per heavy atom. The topological polar surface area (TPSA) is 64.3 Å². The number of carbonyl (C=O) groups is 1. The lowest BCUT2D eigenvalue weighted by atomic mass is 9.92. The van der Waals surface area contributed by atoms with Crippen LogP contribution in [0.25, 0.3) is 0 Å². The number of nitrogens with one attached hydrogen (secondary N) is 1. The van der Waals surface area contributed by atoms with Gasteiger partial charge in [0.1, 0.15) is 11.6 Å². The second-order valence-electron chi connectivity index (χ2n) is 5.04. The van der Waals surface area contributed by atoms with Gasteiger partial charge < -0.3 is 15.8 Å². The Morgan fingerprint density at radius 3 is 2.75 bits per heavy atom. The van der Waals surface area contributed by atoms with Crippen LogP contribution in [-0.2, 0) is 4.79 Å². The van der Waals surface area contributed by atoms with Crippen LogP contribution in [0.1, 0.15) is 25.7 Å². The fraction of sp³-hybridized carbons (Fsp3) is 0.500. The summed E-state index contributed by atoms with van der Waals surface area (Å²) in [4.78, 5) is 11.7. The average Bonchev–Trinajstić information content (AvgIpc) is 2.43. The standard InChI is InChI=1S/C14H18ClFN2O2/c15-12-6-5-11(7-13(12)16)20-8-14(19)18-10-3-1-9(17)2-4-10/h5-7,9-10H,1-4,8,17H2,(H,18,19). The van der Waals surface area contributed by atoms with Crippen LogP contribution in [0.3, 0.4) is 0 Å². The molecule has 1 aromatic carbocycles. The highest BCUT2D eigenvalue weighted by Crippen LogP contribution is 2.20. The van der Waals surface area contributed by atoms with Crippen LogP contribution in [0, 0.1) is 5.82 Å². The molecule has 0 aromatic heterocycles. The molecule has 1 aliphatic carbocycles. The minimum atomic E-state index is -0.564. The van der Waals surface area contributed by atoms with Crippen LogP contribution in [0.5, 0.6) is 5.75 Å². The van der Waals surface area contributed by atoms with Crippen LogP contribution in [0.2, 0.25) is 5.02 Å². The van der Waals surface area contributed by atoms with E-state index >= 15 is 0 Å². The van der Waals surface area contributed by atoms with E-state index in [0.29, 0.717) is 0 Å². The van der Waals surface area contributed by atoms with Gasteiger partial charge in [-0.05, 0) is 37.8 Å². The molecule has 2 rings (SSSR count). The second-order valence-corrected chi connectivity index (χ2v) is 5.45. The van der Waals surface area contributed by atoms with Crippen molar-refractivity contribution >= 4 is 17.5 Å².